The summed E-state index contributed by atoms with van der Waals surface area (Å²) < 4.78 is 2.01. The van der Waals surface area contributed by atoms with Crippen LogP contribution < -0.4 is 5.32 Å². The first-order valence-corrected chi connectivity index (χ1v) is 8.94. The lowest BCUT2D eigenvalue weighted by Crippen LogP contribution is -2.56. The first kappa shape index (κ1) is 15.9. The third-order valence-corrected chi connectivity index (χ3v) is 5.47. The predicted molar refractivity (Wildman–Crippen MR) is 92.0 cm³/mol. The van der Waals surface area contributed by atoms with Gasteiger partial charge in [0.25, 0.3) is 5.91 Å². The van der Waals surface area contributed by atoms with E-state index < -0.39 is 11.5 Å². The van der Waals surface area contributed by atoms with E-state index >= 15 is 0 Å². The lowest BCUT2D eigenvalue weighted by Gasteiger charge is -2.33. The fraction of sp³-hybridized carbons (Fsp3) is 0.412. The van der Waals surface area contributed by atoms with Crippen LogP contribution >= 0.6 is 11.8 Å². The number of carboxylic acids is 1. The molecule has 2 aromatic rings. The van der Waals surface area contributed by atoms with Crippen molar-refractivity contribution in [3.8, 4) is 0 Å². The second-order valence-corrected chi connectivity index (χ2v) is 7.02. The summed E-state index contributed by atoms with van der Waals surface area (Å²) in [5, 5.41) is 13.3. The second kappa shape index (κ2) is 6.28. The summed E-state index contributed by atoms with van der Waals surface area (Å²) in [4.78, 5) is 24.5. The minimum absolute atomic E-state index is 0.303. The van der Waals surface area contributed by atoms with E-state index in [-0.39, 0.29) is 5.91 Å². The Kier molecular flexibility index (Phi) is 4.35. The number of carbonyl (C=O) groups is 2. The third-order valence-electron chi connectivity index (χ3n) is 4.48. The molecule has 1 aromatic heterocycles. The Bertz CT molecular complexity index is 747. The van der Waals surface area contributed by atoms with Gasteiger partial charge in [0, 0.05) is 23.6 Å². The fourth-order valence-corrected chi connectivity index (χ4v) is 4.28. The summed E-state index contributed by atoms with van der Waals surface area (Å²) in [5.74, 6) is 0.264. The largest absolute Gasteiger partial charge is 0.480 e. The zero-order valence-corrected chi connectivity index (χ0v) is 13.9. The van der Waals surface area contributed by atoms with Crippen molar-refractivity contribution in [1.82, 2.24) is 9.88 Å². The summed E-state index contributed by atoms with van der Waals surface area (Å²) in [6, 6.07) is 7.71. The molecule has 122 valence electrons. The van der Waals surface area contributed by atoms with Crippen molar-refractivity contribution in [2.75, 3.05) is 11.5 Å². The molecule has 2 N–H and O–H groups in total. The number of nitrogens with one attached hydrogen (secondary N) is 1. The first-order valence-electron chi connectivity index (χ1n) is 7.79. The highest BCUT2D eigenvalue weighted by Crippen LogP contribution is 2.29. The van der Waals surface area contributed by atoms with Gasteiger partial charge in [-0.1, -0.05) is 18.2 Å². The van der Waals surface area contributed by atoms with Crippen molar-refractivity contribution in [2.24, 2.45) is 0 Å². The molecule has 6 heteroatoms. The van der Waals surface area contributed by atoms with Crippen LogP contribution in [0.2, 0.25) is 0 Å². The number of hydrogen-bond acceptors (Lipinski definition) is 3. The van der Waals surface area contributed by atoms with Crippen molar-refractivity contribution in [1.29, 1.82) is 0 Å². The average molecular weight is 332 g/mol. The van der Waals surface area contributed by atoms with Crippen molar-refractivity contribution in [2.45, 2.75) is 31.8 Å². The van der Waals surface area contributed by atoms with Crippen LogP contribution in [0.15, 0.2) is 30.5 Å². The average Bonchev–Trinajstić information content (AvgIpc) is 2.94. The van der Waals surface area contributed by atoms with Gasteiger partial charge in [0.05, 0.1) is 5.56 Å². The molecule has 1 amide bonds. The van der Waals surface area contributed by atoms with Gasteiger partial charge in [0.2, 0.25) is 0 Å². The van der Waals surface area contributed by atoms with Crippen LogP contribution in [0, 0.1) is 0 Å². The van der Waals surface area contributed by atoms with Crippen molar-refractivity contribution < 1.29 is 14.7 Å². The lowest BCUT2D eigenvalue weighted by atomic mass is 9.92. The number of rotatable bonds is 4. The van der Waals surface area contributed by atoms with E-state index in [4.69, 9.17) is 0 Å². The Labute approximate surface area is 139 Å². The Morgan fingerprint density at radius 3 is 2.65 bits per heavy atom. The highest BCUT2D eigenvalue weighted by atomic mass is 32.2. The highest BCUT2D eigenvalue weighted by Gasteiger charge is 2.41. The number of fused-ring (bicyclic) bond motifs is 1. The van der Waals surface area contributed by atoms with Crippen LogP contribution in [0.4, 0.5) is 0 Å². The van der Waals surface area contributed by atoms with Crippen LogP contribution in [0.5, 0.6) is 0 Å². The molecule has 2 heterocycles. The number of nitrogens with zero attached hydrogens (tertiary/aromatic N) is 1. The monoisotopic (exact) mass is 332 g/mol. The summed E-state index contributed by atoms with van der Waals surface area (Å²) in [6.07, 6.45) is 2.74. The van der Waals surface area contributed by atoms with Gasteiger partial charge in [-0.3, -0.25) is 4.79 Å². The maximum Gasteiger partial charge on any atom is 0.329 e. The number of aliphatic carboxylic acids is 1. The van der Waals surface area contributed by atoms with Gasteiger partial charge in [-0.05, 0) is 37.3 Å². The standard InChI is InChI=1S/C17H20N2O3S/c1-2-19-11-13(12-5-3-4-6-14(12)19)15(20)18-17(16(21)22)7-9-23-10-8-17/h3-6,11H,2,7-10H2,1H3,(H,18,20)(H,21,22). The molecule has 0 unspecified atom stereocenters. The van der Waals surface area contributed by atoms with Gasteiger partial charge in [0.1, 0.15) is 5.54 Å². The number of carbonyl (C=O) groups excluding carboxylic acids is 1. The number of benzene rings is 1. The highest BCUT2D eigenvalue weighted by molar-refractivity contribution is 7.99. The number of carboxylic acid groups (broad SMARTS) is 1. The number of amides is 1. The summed E-state index contributed by atoms with van der Waals surface area (Å²) >= 11 is 1.73. The third kappa shape index (κ3) is 2.83. The lowest BCUT2D eigenvalue weighted by molar-refractivity contribution is -0.144. The number of hydrogen-bond donors (Lipinski definition) is 2. The fourth-order valence-electron chi connectivity index (χ4n) is 3.09. The molecular weight excluding hydrogens is 312 g/mol. The summed E-state index contributed by atoms with van der Waals surface area (Å²) in [7, 11) is 0. The Balaban J connectivity index is 1.95. The maximum atomic E-state index is 12.8. The minimum Gasteiger partial charge on any atom is -0.480 e. The number of thioether (sulfide) groups is 1. The normalized spacial score (nSPS) is 17.1. The topological polar surface area (TPSA) is 71.3 Å². The quantitative estimate of drug-likeness (QED) is 0.903. The Morgan fingerprint density at radius 2 is 2.00 bits per heavy atom. The molecule has 23 heavy (non-hydrogen) atoms. The van der Waals surface area contributed by atoms with Gasteiger partial charge in [0.15, 0.2) is 0 Å². The minimum atomic E-state index is -1.14. The van der Waals surface area contributed by atoms with Crippen LogP contribution in [0.3, 0.4) is 0 Å². The van der Waals surface area contributed by atoms with Crippen molar-refractivity contribution >= 4 is 34.5 Å². The number of aryl methyl sites for hydroxylation is 1. The maximum absolute atomic E-state index is 12.8. The van der Waals surface area contributed by atoms with Crippen LogP contribution in [0.1, 0.15) is 30.1 Å². The molecule has 0 atom stereocenters. The number of aromatic nitrogens is 1. The SMILES string of the molecule is CCn1cc(C(=O)NC2(C(=O)O)CCSCC2)c2ccccc21. The molecule has 1 aliphatic rings. The predicted octanol–water partition coefficient (Wildman–Crippen LogP) is 2.74. The van der Waals surface area contributed by atoms with Crippen LogP contribution in [-0.2, 0) is 11.3 Å². The zero-order chi connectivity index (χ0) is 16.4. The molecule has 0 aliphatic carbocycles. The second-order valence-electron chi connectivity index (χ2n) is 5.80. The Morgan fingerprint density at radius 1 is 1.30 bits per heavy atom. The smallest absolute Gasteiger partial charge is 0.329 e. The molecule has 3 rings (SSSR count). The molecule has 0 saturated carbocycles. The molecule has 5 nitrogen and oxygen atoms in total. The molecular formula is C17H20N2O3S. The van der Waals surface area contributed by atoms with E-state index in [9.17, 15) is 14.7 Å². The molecule has 1 aliphatic heterocycles. The van der Waals surface area contributed by atoms with E-state index in [1.165, 1.54) is 0 Å². The van der Waals surface area contributed by atoms with E-state index in [1.807, 2.05) is 42.0 Å². The van der Waals surface area contributed by atoms with Crippen molar-refractivity contribution in [3.05, 3.63) is 36.0 Å². The van der Waals surface area contributed by atoms with E-state index in [2.05, 4.69) is 5.32 Å². The molecule has 1 fully saturated rings. The first-order chi connectivity index (χ1) is 11.1. The number of para-hydroxylation sites is 1. The molecule has 0 radical (unpaired) electrons. The van der Waals surface area contributed by atoms with Gasteiger partial charge >= 0.3 is 5.97 Å². The van der Waals surface area contributed by atoms with Gasteiger partial charge in [-0.25, -0.2) is 4.79 Å². The Hall–Kier alpha value is -1.95. The summed E-state index contributed by atoms with van der Waals surface area (Å²) in [6.45, 7) is 2.78. The zero-order valence-electron chi connectivity index (χ0n) is 13.0. The molecule has 0 spiro atoms. The van der Waals surface area contributed by atoms with Gasteiger partial charge in [-0.2, -0.15) is 11.8 Å². The van der Waals surface area contributed by atoms with Gasteiger partial charge < -0.3 is 15.0 Å². The van der Waals surface area contributed by atoms with Crippen LogP contribution in [0.25, 0.3) is 10.9 Å². The molecule has 1 aromatic carbocycles. The van der Waals surface area contributed by atoms with Crippen molar-refractivity contribution in [3.63, 3.8) is 0 Å². The van der Waals surface area contributed by atoms with E-state index in [0.29, 0.717) is 18.4 Å². The van der Waals surface area contributed by atoms with Gasteiger partial charge in [-0.15, -0.1) is 0 Å². The van der Waals surface area contributed by atoms with E-state index in [1.54, 1.807) is 11.8 Å². The molecule has 1 saturated heterocycles. The summed E-state index contributed by atoms with van der Waals surface area (Å²) in [5.41, 5.74) is 0.391. The van der Waals surface area contributed by atoms with E-state index in [0.717, 1.165) is 29.0 Å². The molecule has 0 bridgehead atoms. The van der Waals surface area contributed by atoms with Crippen LogP contribution in [-0.4, -0.2) is 38.6 Å².